The van der Waals surface area contributed by atoms with E-state index in [9.17, 15) is 8.42 Å². The predicted molar refractivity (Wildman–Crippen MR) is 61.7 cm³/mol. The average molecular weight is 244 g/mol. The quantitative estimate of drug-likeness (QED) is 0.591. The Kier molecular flexibility index (Phi) is 4.92. The molecular weight excluding hydrogens is 228 g/mol. The van der Waals surface area contributed by atoms with Gasteiger partial charge in [0.15, 0.2) is 0 Å². The maximum absolute atomic E-state index is 11.2. The van der Waals surface area contributed by atoms with Crippen molar-refractivity contribution in [3.05, 3.63) is 35.9 Å². The molecule has 16 heavy (non-hydrogen) atoms. The molecule has 1 unspecified atom stereocenters. The highest BCUT2D eigenvalue weighted by molar-refractivity contribution is 7.86. The third-order valence-corrected chi connectivity index (χ3v) is 3.63. The van der Waals surface area contributed by atoms with Gasteiger partial charge in [-0.3, -0.25) is 4.55 Å². The highest BCUT2D eigenvalue weighted by Gasteiger charge is 2.23. The van der Waals surface area contributed by atoms with Gasteiger partial charge in [0.2, 0.25) is 0 Å². The summed E-state index contributed by atoms with van der Waals surface area (Å²) in [5.41, 5.74) is 0.586. The molecule has 0 amide bonds. The van der Waals surface area contributed by atoms with E-state index in [0.717, 1.165) is 0 Å². The summed E-state index contributed by atoms with van der Waals surface area (Å²) in [4.78, 5) is 0. The number of hydrogen-bond donors (Lipinski definition) is 2. The fourth-order valence-electron chi connectivity index (χ4n) is 1.60. The molecule has 1 aromatic rings. The Morgan fingerprint density at radius 3 is 2.25 bits per heavy atom. The normalized spacial score (nSPS) is 13.6. The summed E-state index contributed by atoms with van der Waals surface area (Å²) in [6, 6.07) is 8.62. The Morgan fingerprint density at radius 2 is 1.75 bits per heavy atom. The molecule has 0 saturated heterocycles. The molecule has 4 nitrogen and oxygen atoms in total. The van der Waals surface area contributed by atoms with Crippen LogP contribution >= 0.6 is 0 Å². The molecule has 5 heteroatoms. The number of unbranched alkanes of at least 4 members (excludes halogenated alkanes) is 1. The minimum atomic E-state index is -4.08. The van der Waals surface area contributed by atoms with E-state index in [4.69, 9.17) is 9.66 Å². The third-order valence-electron chi connectivity index (χ3n) is 2.41. The first-order valence-corrected chi connectivity index (χ1v) is 6.68. The summed E-state index contributed by atoms with van der Waals surface area (Å²) in [5, 5.41) is 7.75. The number of aliphatic hydroxyl groups excluding tert-OH is 1. The number of aliphatic hydroxyl groups is 1. The van der Waals surface area contributed by atoms with Crippen LogP contribution in [0, 0.1) is 0 Å². The molecule has 0 fully saturated rings. The summed E-state index contributed by atoms with van der Waals surface area (Å²) in [6.07, 6.45) is 1.43. The molecule has 0 aliphatic rings. The van der Waals surface area contributed by atoms with E-state index in [-0.39, 0.29) is 6.61 Å². The van der Waals surface area contributed by atoms with Crippen molar-refractivity contribution in [1.82, 2.24) is 0 Å². The molecule has 0 aliphatic heterocycles. The monoisotopic (exact) mass is 244 g/mol. The summed E-state index contributed by atoms with van der Waals surface area (Å²) in [6.45, 7) is 0.0347. The molecule has 2 N–H and O–H groups in total. The lowest BCUT2D eigenvalue weighted by Gasteiger charge is -2.13. The van der Waals surface area contributed by atoms with Crippen molar-refractivity contribution in [2.75, 3.05) is 6.61 Å². The second-order valence-electron chi connectivity index (χ2n) is 3.63. The lowest BCUT2D eigenvalue weighted by molar-refractivity contribution is 0.282. The summed E-state index contributed by atoms with van der Waals surface area (Å²) < 4.78 is 31.6. The van der Waals surface area contributed by atoms with E-state index < -0.39 is 15.4 Å². The third kappa shape index (κ3) is 3.92. The van der Waals surface area contributed by atoms with Crippen LogP contribution in [-0.4, -0.2) is 24.7 Å². The molecule has 90 valence electrons. The van der Waals surface area contributed by atoms with Crippen LogP contribution in [0.5, 0.6) is 0 Å². The molecule has 0 heterocycles. The molecule has 1 rings (SSSR count). The van der Waals surface area contributed by atoms with Gasteiger partial charge in [0, 0.05) is 6.61 Å². The molecule has 0 radical (unpaired) electrons. The smallest absolute Gasteiger partial charge is 0.271 e. The predicted octanol–water partition coefficient (Wildman–Crippen LogP) is 1.78. The zero-order valence-corrected chi connectivity index (χ0v) is 9.73. The largest absolute Gasteiger partial charge is 0.396 e. The van der Waals surface area contributed by atoms with Crippen molar-refractivity contribution in [3.8, 4) is 0 Å². The summed E-state index contributed by atoms with van der Waals surface area (Å²) >= 11 is 0. The molecular formula is C11H16O4S. The van der Waals surface area contributed by atoms with Crippen LogP contribution < -0.4 is 0 Å². The van der Waals surface area contributed by atoms with Crippen LogP contribution in [0.15, 0.2) is 30.3 Å². The van der Waals surface area contributed by atoms with Crippen molar-refractivity contribution >= 4 is 10.1 Å². The molecule has 0 aliphatic carbocycles. The van der Waals surface area contributed by atoms with Crippen molar-refractivity contribution in [3.63, 3.8) is 0 Å². The Labute approximate surface area is 95.7 Å². The summed E-state index contributed by atoms with van der Waals surface area (Å²) in [7, 11) is -4.08. The van der Waals surface area contributed by atoms with Gasteiger partial charge in [0.1, 0.15) is 5.25 Å². The Bertz CT molecular complexity index is 399. The van der Waals surface area contributed by atoms with Crippen molar-refractivity contribution in [2.24, 2.45) is 0 Å². The summed E-state index contributed by atoms with van der Waals surface area (Å²) in [5.74, 6) is 0. The van der Waals surface area contributed by atoms with E-state index in [1.807, 2.05) is 0 Å². The Balaban J connectivity index is 2.81. The topological polar surface area (TPSA) is 74.6 Å². The standard InChI is InChI=1S/C11H16O4S/c12-9-5-4-8-11(16(13,14)15)10-6-2-1-3-7-10/h1-3,6-7,11-12H,4-5,8-9H2,(H,13,14,15). The number of hydrogen-bond acceptors (Lipinski definition) is 3. The SMILES string of the molecule is O=S(=O)(O)C(CCCCO)c1ccccc1. The second-order valence-corrected chi connectivity index (χ2v) is 5.23. The van der Waals surface area contributed by atoms with E-state index in [1.165, 1.54) is 0 Å². The van der Waals surface area contributed by atoms with Gasteiger partial charge in [0.05, 0.1) is 0 Å². The van der Waals surface area contributed by atoms with Crippen LogP contribution in [0.4, 0.5) is 0 Å². The van der Waals surface area contributed by atoms with Gasteiger partial charge in [-0.1, -0.05) is 30.3 Å². The first-order chi connectivity index (χ1) is 7.55. The lowest BCUT2D eigenvalue weighted by Crippen LogP contribution is -2.12. The molecule has 0 bridgehead atoms. The highest BCUT2D eigenvalue weighted by atomic mass is 32.2. The molecule has 0 saturated carbocycles. The molecule has 0 spiro atoms. The van der Waals surface area contributed by atoms with Crippen molar-refractivity contribution in [1.29, 1.82) is 0 Å². The van der Waals surface area contributed by atoms with Crippen LogP contribution in [0.1, 0.15) is 30.1 Å². The maximum atomic E-state index is 11.2. The van der Waals surface area contributed by atoms with Gasteiger partial charge in [-0.05, 0) is 24.8 Å². The van der Waals surface area contributed by atoms with E-state index in [2.05, 4.69) is 0 Å². The van der Waals surface area contributed by atoms with Crippen molar-refractivity contribution < 1.29 is 18.1 Å². The van der Waals surface area contributed by atoms with E-state index in [1.54, 1.807) is 30.3 Å². The van der Waals surface area contributed by atoms with Gasteiger partial charge in [-0.25, -0.2) is 0 Å². The molecule has 1 atom stereocenters. The molecule has 0 aromatic heterocycles. The van der Waals surface area contributed by atoms with E-state index >= 15 is 0 Å². The Morgan fingerprint density at radius 1 is 1.12 bits per heavy atom. The minimum Gasteiger partial charge on any atom is -0.396 e. The average Bonchev–Trinajstić information content (AvgIpc) is 2.24. The van der Waals surface area contributed by atoms with Crippen LogP contribution in [0.25, 0.3) is 0 Å². The fraction of sp³-hybridized carbons (Fsp3) is 0.455. The van der Waals surface area contributed by atoms with Crippen LogP contribution in [0.3, 0.4) is 0 Å². The van der Waals surface area contributed by atoms with Gasteiger partial charge < -0.3 is 5.11 Å². The van der Waals surface area contributed by atoms with E-state index in [0.29, 0.717) is 24.8 Å². The fourth-order valence-corrected chi connectivity index (χ4v) is 2.56. The van der Waals surface area contributed by atoms with Crippen LogP contribution in [0.2, 0.25) is 0 Å². The number of benzene rings is 1. The van der Waals surface area contributed by atoms with Crippen molar-refractivity contribution in [2.45, 2.75) is 24.5 Å². The zero-order valence-electron chi connectivity index (χ0n) is 8.91. The second kappa shape index (κ2) is 5.98. The first kappa shape index (κ1) is 13.2. The van der Waals surface area contributed by atoms with Gasteiger partial charge in [-0.15, -0.1) is 0 Å². The number of rotatable bonds is 6. The van der Waals surface area contributed by atoms with Gasteiger partial charge in [0.25, 0.3) is 10.1 Å². The Hall–Kier alpha value is -0.910. The first-order valence-electron chi connectivity index (χ1n) is 5.18. The molecule has 1 aromatic carbocycles. The van der Waals surface area contributed by atoms with Crippen LogP contribution in [-0.2, 0) is 10.1 Å². The zero-order chi connectivity index (χ0) is 12.0. The highest BCUT2D eigenvalue weighted by Crippen LogP contribution is 2.26. The van der Waals surface area contributed by atoms with Gasteiger partial charge in [-0.2, -0.15) is 8.42 Å². The van der Waals surface area contributed by atoms with Gasteiger partial charge >= 0.3 is 0 Å². The minimum absolute atomic E-state index is 0.0347. The maximum Gasteiger partial charge on any atom is 0.271 e. The lowest BCUT2D eigenvalue weighted by atomic mass is 10.1.